The maximum absolute atomic E-state index is 12.2. The van der Waals surface area contributed by atoms with Gasteiger partial charge in [0.25, 0.3) is 0 Å². The lowest BCUT2D eigenvalue weighted by Crippen LogP contribution is -2.25. The van der Waals surface area contributed by atoms with Crippen LogP contribution in [0.5, 0.6) is 0 Å². The van der Waals surface area contributed by atoms with Gasteiger partial charge in [0.2, 0.25) is 0 Å². The third kappa shape index (κ3) is 49.7. The molecule has 0 aliphatic rings. The molecule has 5 atom stereocenters. The van der Waals surface area contributed by atoms with E-state index in [0.717, 1.165) is 83.5 Å². The molecule has 5 unspecified atom stereocenters. The number of allylic oxidation sites excluding steroid dienone is 18. The lowest BCUT2D eigenvalue weighted by molar-refractivity contribution is -0.148. The molecule has 5 N–H and O–H groups in total. The molecule has 0 amide bonds. The molecule has 0 rings (SSSR count). The van der Waals surface area contributed by atoms with E-state index in [0.29, 0.717) is 19.3 Å². The van der Waals surface area contributed by atoms with Crippen molar-refractivity contribution in [1.82, 2.24) is 0 Å². The number of carbonyl (C=O) groups is 2. The highest BCUT2D eigenvalue weighted by atomic mass is 31.2. The van der Waals surface area contributed by atoms with E-state index in [1.165, 1.54) is 25.7 Å². The monoisotopic (exact) mass is 1030 g/mol. The van der Waals surface area contributed by atoms with Crippen molar-refractivity contribution >= 4 is 27.6 Å². The van der Waals surface area contributed by atoms with Gasteiger partial charge in [-0.25, -0.2) is 9.13 Å². The zero-order valence-corrected chi connectivity index (χ0v) is 43.9. The summed E-state index contributed by atoms with van der Waals surface area (Å²) in [7, 11) is -9.61. The molecule has 0 saturated carbocycles. The van der Waals surface area contributed by atoms with Crippen LogP contribution in [0.1, 0.15) is 155 Å². The van der Waals surface area contributed by atoms with Crippen LogP contribution in [0.4, 0.5) is 0 Å². The van der Waals surface area contributed by atoms with Gasteiger partial charge >= 0.3 is 27.6 Å². The Bertz CT molecular complexity index is 1670. The first-order valence-corrected chi connectivity index (χ1v) is 28.2. The zero-order valence-electron chi connectivity index (χ0n) is 42.1. The molecule has 0 aliphatic heterocycles. The Morgan fingerprint density at radius 1 is 0.386 bits per heavy atom. The summed E-state index contributed by atoms with van der Waals surface area (Å²) in [6.07, 6.45) is 53.6. The molecule has 0 radical (unpaired) electrons. The molecular weight excluding hydrogens is 939 g/mol. The first kappa shape index (κ1) is 66.7. The van der Waals surface area contributed by atoms with Gasteiger partial charge in [-0.15, -0.1) is 0 Å². The van der Waals surface area contributed by atoms with E-state index in [1.54, 1.807) is 0 Å². The second-order valence-electron chi connectivity index (χ2n) is 16.4. The molecule has 17 heteroatoms. The minimum Gasteiger partial charge on any atom is -0.463 e. The first-order valence-electron chi connectivity index (χ1n) is 25.2. The SMILES string of the molecule is CC/C=C\C/C=C\C/C=C\C/C=C\C/C=C\CCCC(=O)OCC(O)COP(=O)(O)OCC(O)COP(=O)(O)OCC(O)COC(=O)CCCCCCC/C=C\C/C=C\C/C=C\C/C=C\CCCCC. The summed E-state index contributed by atoms with van der Waals surface area (Å²) in [4.78, 5) is 43.8. The van der Waals surface area contributed by atoms with Gasteiger partial charge in [0.05, 0.1) is 26.4 Å². The van der Waals surface area contributed by atoms with Gasteiger partial charge in [0.1, 0.15) is 31.5 Å². The minimum atomic E-state index is -4.81. The Kier molecular flexibility index (Phi) is 45.7. The van der Waals surface area contributed by atoms with Crippen LogP contribution < -0.4 is 0 Å². The molecule has 0 bridgehead atoms. The highest BCUT2D eigenvalue weighted by Gasteiger charge is 2.28. The molecular formula is C53H88O15P2. The summed E-state index contributed by atoms with van der Waals surface area (Å²) in [5.41, 5.74) is 0. The van der Waals surface area contributed by atoms with Crippen LogP contribution in [0.2, 0.25) is 0 Å². The molecule has 0 fully saturated rings. The van der Waals surface area contributed by atoms with Gasteiger partial charge in [0.15, 0.2) is 0 Å². The number of aliphatic hydroxyl groups excluding tert-OH is 3. The van der Waals surface area contributed by atoms with Crippen molar-refractivity contribution in [2.75, 3.05) is 39.6 Å². The van der Waals surface area contributed by atoms with Crippen molar-refractivity contribution in [3.05, 3.63) is 109 Å². The van der Waals surface area contributed by atoms with Gasteiger partial charge in [-0.2, -0.15) is 0 Å². The lowest BCUT2D eigenvalue weighted by atomic mass is 10.1. The Morgan fingerprint density at radius 2 is 0.671 bits per heavy atom. The summed E-state index contributed by atoms with van der Waals surface area (Å²) < 4.78 is 53.0. The second-order valence-corrected chi connectivity index (χ2v) is 19.3. The van der Waals surface area contributed by atoms with Gasteiger partial charge < -0.3 is 34.6 Å². The van der Waals surface area contributed by atoms with E-state index < -0.39 is 85.5 Å². The quantitative estimate of drug-likeness (QED) is 0.0165. The Labute approximate surface area is 420 Å². The Balaban J connectivity index is 3.96. The van der Waals surface area contributed by atoms with E-state index >= 15 is 0 Å². The van der Waals surface area contributed by atoms with E-state index in [2.05, 4.69) is 129 Å². The fourth-order valence-electron chi connectivity index (χ4n) is 5.82. The van der Waals surface area contributed by atoms with E-state index in [9.17, 15) is 43.8 Å². The number of aliphatic hydroxyl groups is 3. The number of hydrogen-bond acceptors (Lipinski definition) is 13. The van der Waals surface area contributed by atoms with Crippen molar-refractivity contribution in [1.29, 1.82) is 0 Å². The minimum absolute atomic E-state index is 0.112. The van der Waals surface area contributed by atoms with Gasteiger partial charge in [-0.3, -0.25) is 27.7 Å². The van der Waals surface area contributed by atoms with Crippen LogP contribution in [-0.4, -0.2) is 95.0 Å². The molecule has 0 aliphatic carbocycles. The van der Waals surface area contributed by atoms with Crippen LogP contribution in [0.25, 0.3) is 0 Å². The number of rotatable bonds is 47. The summed E-state index contributed by atoms with van der Waals surface area (Å²) in [6.45, 7) is 0.162. The number of esters is 2. The highest BCUT2D eigenvalue weighted by Crippen LogP contribution is 2.45. The normalized spacial score (nSPS) is 15.8. The number of phosphoric acid groups is 2. The van der Waals surface area contributed by atoms with Gasteiger partial charge in [0, 0.05) is 12.8 Å². The summed E-state index contributed by atoms with van der Waals surface area (Å²) in [6, 6.07) is 0. The highest BCUT2D eigenvalue weighted by molar-refractivity contribution is 7.47. The smallest absolute Gasteiger partial charge is 0.463 e. The average Bonchev–Trinajstić information content (AvgIpc) is 3.34. The van der Waals surface area contributed by atoms with E-state index in [1.807, 2.05) is 12.2 Å². The lowest BCUT2D eigenvalue weighted by Gasteiger charge is -2.19. The second kappa shape index (κ2) is 48.0. The van der Waals surface area contributed by atoms with Crippen LogP contribution in [0.15, 0.2) is 109 Å². The predicted octanol–water partition coefficient (Wildman–Crippen LogP) is 12.1. The first-order chi connectivity index (χ1) is 33.8. The van der Waals surface area contributed by atoms with E-state index in [-0.39, 0.29) is 12.8 Å². The average molecular weight is 1030 g/mol. The van der Waals surface area contributed by atoms with Crippen molar-refractivity contribution in [2.45, 2.75) is 173 Å². The molecule has 0 aromatic rings. The topological polar surface area (TPSA) is 225 Å². The Hall–Kier alpha value is -3.30. The van der Waals surface area contributed by atoms with Crippen molar-refractivity contribution in [3.8, 4) is 0 Å². The molecule has 400 valence electrons. The maximum Gasteiger partial charge on any atom is 0.472 e. The number of unbranched alkanes of at least 4 members (excludes halogenated alkanes) is 9. The molecule has 70 heavy (non-hydrogen) atoms. The molecule has 0 aromatic heterocycles. The third-order valence-corrected chi connectivity index (χ3v) is 11.6. The predicted molar refractivity (Wildman–Crippen MR) is 279 cm³/mol. The third-order valence-electron chi connectivity index (χ3n) is 9.71. The van der Waals surface area contributed by atoms with Crippen LogP contribution in [-0.2, 0) is 46.3 Å². The van der Waals surface area contributed by atoms with Gasteiger partial charge in [-0.05, 0) is 96.3 Å². The molecule has 15 nitrogen and oxygen atoms in total. The molecule has 0 saturated heterocycles. The summed E-state index contributed by atoms with van der Waals surface area (Å²) >= 11 is 0. The number of carbonyl (C=O) groups excluding carboxylic acids is 2. The number of hydrogen-bond donors (Lipinski definition) is 5. The molecule has 0 heterocycles. The van der Waals surface area contributed by atoms with Crippen LogP contribution in [0, 0.1) is 0 Å². The van der Waals surface area contributed by atoms with Crippen molar-refractivity contribution < 1.29 is 71.4 Å². The molecule has 0 spiro atoms. The standard InChI is InChI=1S/C53H88O15P2/c1-3-5-7-9-11-13-15-17-19-21-22-23-24-26-28-30-32-34-36-38-40-42-53(58)64-44-50(55)46-66-70(61,62)68-48-51(56)47-67-69(59,60)65-45-49(54)43-63-52(57)41-39-37-35-33-31-29-27-25-20-18-16-14-12-10-8-6-4-2/h6,8,11-14,17-20,22-23,26-29,33,35,49-51,54-56H,3-5,7,9-10,15-16,21,24-25,30-32,34,36-48H2,1-2H3,(H,59,60)(H,61,62)/b8-6-,13-11-,14-12-,19-17-,20-18-,23-22-,28-26-,29-27-,35-33-. The van der Waals surface area contributed by atoms with Crippen LogP contribution in [0.3, 0.4) is 0 Å². The van der Waals surface area contributed by atoms with E-state index in [4.69, 9.17) is 9.47 Å². The summed E-state index contributed by atoms with van der Waals surface area (Å²) in [5.74, 6) is -1.08. The largest absolute Gasteiger partial charge is 0.472 e. The van der Waals surface area contributed by atoms with Crippen molar-refractivity contribution in [2.24, 2.45) is 0 Å². The Morgan fingerprint density at radius 3 is 1.04 bits per heavy atom. The summed E-state index contributed by atoms with van der Waals surface area (Å²) in [5, 5.41) is 30.1. The van der Waals surface area contributed by atoms with Gasteiger partial charge in [-0.1, -0.05) is 155 Å². The fraction of sp³-hybridized carbons (Fsp3) is 0.623. The number of phosphoric ester groups is 2. The molecule has 0 aromatic carbocycles. The fourth-order valence-corrected chi connectivity index (χ4v) is 7.41. The van der Waals surface area contributed by atoms with Crippen molar-refractivity contribution in [3.63, 3.8) is 0 Å². The number of ether oxygens (including phenoxy) is 2. The van der Waals surface area contributed by atoms with Crippen LogP contribution >= 0.6 is 15.6 Å². The zero-order chi connectivity index (χ0) is 51.7. The maximum atomic E-state index is 12.2.